The van der Waals surface area contributed by atoms with Crippen molar-refractivity contribution in [3.05, 3.63) is 65.7 Å². The van der Waals surface area contributed by atoms with Crippen LogP contribution in [0.15, 0.2) is 48.9 Å². The summed E-state index contributed by atoms with van der Waals surface area (Å²) in [7, 11) is 4.03. The van der Waals surface area contributed by atoms with Gasteiger partial charge in [-0.2, -0.15) is 5.10 Å². The number of nitrogens with one attached hydrogen (secondary N) is 1. The molecule has 33 heavy (non-hydrogen) atoms. The second-order valence-electron chi connectivity index (χ2n) is 9.67. The summed E-state index contributed by atoms with van der Waals surface area (Å²) < 4.78 is 1.74. The van der Waals surface area contributed by atoms with Gasteiger partial charge in [0, 0.05) is 49.8 Å². The van der Waals surface area contributed by atoms with Crippen molar-refractivity contribution in [3.63, 3.8) is 0 Å². The lowest BCUT2D eigenvalue weighted by atomic mass is 9.79. The highest BCUT2D eigenvalue weighted by atomic mass is 16.2. The summed E-state index contributed by atoms with van der Waals surface area (Å²) in [4.78, 5) is 27.7. The molecule has 4 heterocycles. The van der Waals surface area contributed by atoms with Crippen LogP contribution in [0.25, 0.3) is 0 Å². The van der Waals surface area contributed by atoms with Crippen LogP contribution < -0.4 is 5.32 Å². The average molecular weight is 444 g/mol. The summed E-state index contributed by atoms with van der Waals surface area (Å²) >= 11 is 0. The van der Waals surface area contributed by atoms with E-state index in [1.807, 2.05) is 25.5 Å². The van der Waals surface area contributed by atoms with E-state index >= 15 is 0 Å². The van der Waals surface area contributed by atoms with E-state index in [-0.39, 0.29) is 17.7 Å². The van der Waals surface area contributed by atoms with E-state index in [1.54, 1.807) is 10.9 Å². The number of benzene rings is 1. The number of hydrogen-bond donors (Lipinski definition) is 1. The Labute approximate surface area is 193 Å². The predicted octanol–water partition coefficient (Wildman–Crippen LogP) is 2.89. The molecule has 8 heteroatoms. The minimum Gasteiger partial charge on any atom is -0.333 e. The fraction of sp³-hybridized carbons (Fsp3) is 0.440. The van der Waals surface area contributed by atoms with Gasteiger partial charge in [-0.3, -0.25) is 9.48 Å². The molecule has 1 saturated heterocycles. The first-order chi connectivity index (χ1) is 16.1. The molecule has 0 bridgehead atoms. The Morgan fingerprint density at radius 1 is 1.12 bits per heavy atom. The molecule has 3 aliphatic rings. The SMILES string of the molecule is CN1CC[C@H](C(=O)N2Cc3nc(Nc4cnn(C)c4)ncc3[C@@H]3C[C@@H]32)[C@@H](c2ccccc2)C1. The summed E-state index contributed by atoms with van der Waals surface area (Å²) in [6.45, 7) is 2.44. The lowest BCUT2D eigenvalue weighted by Gasteiger charge is -2.39. The first-order valence-electron chi connectivity index (χ1n) is 11.7. The van der Waals surface area contributed by atoms with Crippen LogP contribution in [0.1, 0.15) is 41.5 Å². The van der Waals surface area contributed by atoms with Crippen LogP contribution >= 0.6 is 0 Å². The van der Waals surface area contributed by atoms with Crippen LogP contribution in [0.2, 0.25) is 0 Å². The second kappa shape index (κ2) is 7.95. The van der Waals surface area contributed by atoms with Crippen molar-refractivity contribution < 1.29 is 4.79 Å². The first-order valence-corrected chi connectivity index (χ1v) is 11.7. The van der Waals surface area contributed by atoms with Crippen LogP contribution in [0, 0.1) is 5.92 Å². The van der Waals surface area contributed by atoms with Crippen LogP contribution in [-0.4, -0.2) is 61.6 Å². The number of amides is 1. The van der Waals surface area contributed by atoms with Crippen molar-refractivity contribution in [2.75, 3.05) is 25.5 Å². The molecule has 2 aromatic heterocycles. The standard InChI is InChI=1S/C25H29N7O/c1-30-9-8-18(21(14-30)16-6-4-3-5-7-16)24(33)32-15-22-20(19-10-23(19)32)12-26-25(29-22)28-17-11-27-31(2)13-17/h3-7,11-13,18-19,21,23H,8-10,14-15H2,1-2H3,(H,26,28,29)/t18-,19-,21+,23-/m0/s1. The van der Waals surface area contributed by atoms with Gasteiger partial charge in [-0.1, -0.05) is 30.3 Å². The Kier molecular flexibility index (Phi) is 4.90. The van der Waals surface area contributed by atoms with Gasteiger partial charge in [-0.25, -0.2) is 9.97 Å². The Morgan fingerprint density at radius 3 is 2.76 bits per heavy atom. The minimum absolute atomic E-state index is 0.0150. The normalized spacial score (nSPS) is 26.4. The lowest BCUT2D eigenvalue weighted by Crippen LogP contribution is -2.47. The minimum atomic E-state index is 0.0150. The van der Waals surface area contributed by atoms with E-state index in [2.05, 4.69) is 56.5 Å². The van der Waals surface area contributed by atoms with Gasteiger partial charge in [0.1, 0.15) is 0 Å². The Balaban J connectivity index is 1.25. The molecule has 3 aromatic rings. The maximum atomic E-state index is 13.9. The van der Waals surface area contributed by atoms with Gasteiger partial charge in [0.15, 0.2) is 0 Å². The zero-order valence-corrected chi connectivity index (χ0v) is 19.1. The number of nitrogens with zero attached hydrogens (tertiary/aromatic N) is 6. The van der Waals surface area contributed by atoms with Crippen molar-refractivity contribution in [2.45, 2.75) is 37.3 Å². The van der Waals surface area contributed by atoms with Crippen molar-refractivity contribution in [1.82, 2.24) is 29.5 Å². The van der Waals surface area contributed by atoms with Crippen molar-refractivity contribution in [2.24, 2.45) is 13.0 Å². The third-order valence-corrected chi connectivity index (χ3v) is 7.38. The van der Waals surface area contributed by atoms with Gasteiger partial charge in [0.2, 0.25) is 11.9 Å². The molecule has 0 unspecified atom stereocenters. The molecular formula is C25H29N7O. The first kappa shape index (κ1) is 20.4. The highest BCUT2D eigenvalue weighted by Crippen LogP contribution is 2.51. The van der Waals surface area contributed by atoms with Gasteiger partial charge in [-0.05, 0) is 37.6 Å². The summed E-state index contributed by atoms with van der Waals surface area (Å²) in [5.41, 5.74) is 4.27. The van der Waals surface area contributed by atoms with E-state index < -0.39 is 0 Å². The Bertz CT molecular complexity index is 1180. The summed E-state index contributed by atoms with van der Waals surface area (Å²) in [5, 5.41) is 7.42. The Morgan fingerprint density at radius 2 is 1.97 bits per heavy atom. The maximum absolute atomic E-state index is 13.9. The van der Waals surface area contributed by atoms with Crippen LogP contribution in [0.4, 0.5) is 11.6 Å². The van der Waals surface area contributed by atoms with Crippen LogP contribution in [-0.2, 0) is 18.4 Å². The number of rotatable bonds is 4. The van der Waals surface area contributed by atoms with E-state index in [0.717, 1.165) is 37.3 Å². The topological polar surface area (TPSA) is 79.2 Å². The zero-order chi connectivity index (χ0) is 22.5. The van der Waals surface area contributed by atoms with Crippen molar-refractivity contribution >= 4 is 17.5 Å². The van der Waals surface area contributed by atoms with Gasteiger partial charge in [0.05, 0.1) is 24.1 Å². The van der Waals surface area contributed by atoms with E-state index in [9.17, 15) is 4.79 Å². The number of aryl methyl sites for hydroxylation is 1. The lowest BCUT2D eigenvalue weighted by molar-refractivity contribution is -0.139. The highest BCUT2D eigenvalue weighted by molar-refractivity contribution is 5.81. The highest BCUT2D eigenvalue weighted by Gasteiger charge is 2.51. The number of anilines is 2. The third-order valence-electron chi connectivity index (χ3n) is 7.38. The Hall–Kier alpha value is -3.26. The number of fused-ring (bicyclic) bond motifs is 3. The molecule has 170 valence electrons. The number of carbonyl (C=O) groups excluding carboxylic acids is 1. The third kappa shape index (κ3) is 3.78. The average Bonchev–Trinajstić information content (AvgIpc) is 3.53. The molecule has 1 aliphatic carbocycles. The van der Waals surface area contributed by atoms with E-state index in [4.69, 9.17) is 4.98 Å². The molecule has 8 nitrogen and oxygen atoms in total. The fourth-order valence-corrected chi connectivity index (χ4v) is 5.58. The largest absolute Gasteiger partial charge is 0.333 e. The second-order valence-corrected chi connectivity index (χ2v) is 9.67. The van der Waals surface area contributed by atoms with Gasteiger partial charge < -0.3 is 15.1 Å². The van der Waals surface area contributed by atoms with E-state index in [0.29, 0.717) is 24.5 Å². The summed E-state index contributed by atoms with van der Waals surface area (Å²) in [6, 6.07) is 10.8. The monoisotopic (exact) mass is 443 g/mol. The molecule has 1 saturated carbocycles. The molecule has 1 N–H and O–H groups in total. The maximum Gasteiger partial charge on any atom is 0.227 e. The molecule has 6 rings (SSSR count). The van der Waals surface area contributed by atoms with Gasteiger partial charge in [-0.15, -0.1) is 0 Å². The van der Waals surface area contributed by atoms with Crippen molar-refractivity contribution in [1.29, 1.82) is 0 Å². The smallest absolute Gasteiger partial charge is 0.227 e. The number of carbonyl (C=O) groups is 1. The number of likely N-dealkylation sites (N-methyl/N-ethyl adjacent to an activating group) is 1. The number of hydrogen-bond acceptors (Lipinski definition) is 6. The molecular weight excluding hydrogens is 414 g/mol. The molecule has 1 aromatic carbocycles. The summed E-state index contributed by atoms with van der Waals surface area (Å²) in [5.74, 6) is 1.45. The van der Waals surface area contributed by atoms with E-state index in [1.165, 1.54) is 11.1 Å². The predicted molar refractivity (Wildman–Crippen MR) is 125 cm³/mol. The molecule has 1 amide bonds. The van der Waals surface area contributed by atoms with Crippen molar-refractivity contribution in [3.8, 4) is 0 Å². The molecule has 0 spiro atoms. The molecule has 2 fully saturated rings. The number of piperidine rings is 1. The number of aromatic nitrogens is 4. The molecule has 4 atom stereocenters. The quantitative estimate of drug-likeness (QED) is 0.668. The van der Waals surface area contributed by atoms with Crippen LogP contribution in [0.3, 0.4) is 0 Å². The van der Waals surface area contributed by atoms with Gasteiger partial charge >= 0.3 is 0 Å². The molecule has 0 radical (unpaired) electrons. The van der Waals surface area contributed by atoms with Crippen LogP contribution in [0.5, 0.6) is 0 Å². The van der Waals surface area contributed by atoms with Gasteiger partial charge in [0.25, 0.3) is 0 Å². The summed E-state index contributed by atoms with van der Waals surface area (Å²) in [6.07, 6.45) is 7.49. The number of likely N-dealkylation sites (tertiary alicyclic amines) is 1. The zero-order valence-electron chi connectivity index (χ0n) is 19.1. The fourth-order valence-electron chi connectivity index (χ4n) is 5.58. The molecule has 2 aliphatic heterocycles.